The van der Waals surface area contributed by atoms with E-state index in [-0.39, 0.29) is 5.43 Å². The molecule has 5 aromatic rings. The summed E-state index contributed by atoms with van der Waals surface area (Å²) in [7, 11) is -2.42. The summed E-state index contributed by atoms with van der Waals surface area (Å²) in [5.74, 6) is -0.390. The summed E-state index contributed by atoms with van der Waals surface area (Å²) < 4.78 is 12.2. The monoisotopic (exact) mass is 440 g/mol. The predicted molar refractivity (Wildman–Crippen MR) is 127 cm³/mol. The quantitative estimate of drug-likeness (QED) is 0.292. The van der Waals surface area contributed by atoms with E-state index >= 15 is 0 Å². The molecule has 0 aliphatic heterocycles. The average molecular weight is 441 g/mol. The predicted octanol–water partition coefficient (Wildman–Crippen LogP) is 6.71. The van der Waals surface area contributed by atoms with Gasteiger partial charge in [0.15, 0.2) is 0 Å². The van der Waals surface area contributed by atoms with Crippen molar-refractivity contribution in [2.75, 3.05) is 0 Å². The number of para-hydroxylation sites is 1. The van der Waals surface area contributed by atoms with Gasteiger partial charge < -0.3 is 8.60 Å². The first-order valence-corrected chi connectivity index (χ1v) is 11.7. The zero-order valence-electron chi connectivity index (χ0n) is 17.4. The van der Waals surface area contributed by atoms with E-state index in [1.807, 2.05) is 84.9 Å². The fraction of sp³-hybridized carbons (Fsp3) is 0.0370. The van der Waals surface area contributed by atoms with E-state index in [1.165, 1.54) is 6.92 Å². The van der Waals surface area contributed by atoms with Crippen LogP contribution < -0.4 is 5.43 Å². The first-order chi connectivity index (χ1) is 15.6. The van der Waals surface area contributed by atoms with Crippen LogP contribution in [-0.2, 0) is 8.98 Å². The molecular formula is C27H20O4S. The number of carbonyl (C=O) groups excluding carboxylic acids is 1. The van der Waals surface area contributed by atoms with Crippen LogP contribution in [0.1, 0.15) is 6.92 Å². The Morgan fingerprint density at radius 3 is 1.88 bits per heavy atom. The van der Waals surface area contributed by atoms with Gasteiger partial charge in [0.05, 0.1) is 10.8 Å². The van der Waals surface area contributed by atoms with Crippen molar-refractivity contribution in [3.8, 4) is 0 Å². The zero-order valence-corrected chi connectivity index (χ0v) is 18.2. The normalized spacial score (nSPS) is 12.0. The number of hydrogen-bond donors (Lipinski definition) is 0. The van der Waals surface area contributed by atoms with E-state index in [2.05, 4.69) is 0 Å². The van der Waals surface area contributed by atoms with Crippen LogP contribution in [0.25, 0.3) is 21.9 Å². The second kappa shape index (κ2) is 8.02. The van der Waals surface area contributed by atoms with Crippen molar-refractivity contribution in [1.29, 1.82) is 0 Å². The maximum absolute atomic E-state index is 13.3. The Morgan fingerprint density at radius 1 is 0.688 bits per heavy atom. The van der Waals surface area contributed by atoms with Gasteiger partial charge in [-0.25, -0.2) is 0 Å². The SMILES string of the molecule is CC(=O)OS(c1ccccc1)(c1ccccc1)c1ccc2oc3ccccc3c(=O)c2c1. The molecule has 0 saturated carbocycles. The summed E-state index contributed by atoms with van der Waals surface area (Å²) >= 11 is 0. The number of rotatable bonds is 4. The molecule has 0 fully saturated rings. The van der Waals surface area contributed by atoms with Crippen molar-refractivity contribution in [2.24, 2.45) is 0 Å². The lowest BCUT2D eigenvalue weighted by Crippen LogP contribution is -2.12. The van der Waals surface area contributed by atoms with E-state index in [4.69, 9.17) is 8.60 Å². The summed E-state index contributed by atoms with van der Waals surface area (Å²) in [4.78, 5) is 28.2. The zero-order chi connectivity index (χ0) is 22.1. The molecule has 4 nitrogen and oxygen atoms in total. The summed E-state index contributed by atoms with van der Waals surface area (Å²) in [5, 5.41) is 0.974. The molecule has 0 saturated heterocycles. The average Bonchev–Trinajstić information content (AvgIpc) is 2.83. The molecule has 0 spiro atoms. The van der Waals surface area contributed by atoms with Gasteiger partial charge in [-0.2, -0.15) is 0 Å². The maximum Gasteiger partial charge on any atom is 0.313 e. The summed E-state index contributed by atoms with van der Waals surface area (Å²) in [6, 6.07) is 32.1. The molecule has 32 heavy (non-hydrogen) atoms. The van der Waals surface area contributed by atoms with Crippen molar-refractivity contribution >= 4 is 38.2 Å². The van der Waals surface area contributed by atoms with Gasteiger partial charge >= 0.3 is 5.97 Å². The molecule has 1 heterocycles. The molecule has 0 atom stereocenters. The second-order valence-electron chi connectivity index (χ2n) is 7.34. The van der Waals surface area contributed by atoms with E-state index in [0.29, 0.717) is 21.9 Å². The van der Waals surface area contributed by atoms with Crippen LogP contribution in [0.3, 0.4) is 0 Å². The number of hydrogen-bond acceptors (Lipinski definition) is 4. The van der Waals surface area contributed by atoms with Gasteiger partial charge in [0, 0.05) is 21.6 Å². The molecular weight excluding hydrogens is 420 g/mol. The highest BCUT2D eigenvalue weighted by Crippen LogP contribution is 2.69. The van der Waals surface area contributed by atoms with Crippen molar-refractivity contribution in [3.05, 3.63) is 113 Å². The Morgan fingerprint density at radius 2 is 1.25 bits per heavy atom. The highest BCUT2D eigenvalue weighted by atomic mass is 32.3. The molecule has 0 radical (unpaired) electrons. The van der Waals surface area contributed by atoms with E-state index in [1.54, 1.807) is 18.2 Å². The first kappa shape index (κ1) is 20.1. The minimum absolute atomic E-state index is 0.110. The lowest BCUT2D eigenvalue weighted by atomic mass is 10.1. The van der Waals surface area contributed by atoms with Crippen LogP contribution in [0.5, 0.6) is 0 Å². The molecule has 5 heteroatoms. The lowest BCUT2D eigenvalue weighted by Gasteiger charge is -2.39. The van der Waals surface area contributed by atoms with Gasteiger partial charge in [0.2, 0.25) is 5.43 Å². The Kier molecular flexibility index (Phi) is 5.04. The summed E-state index contributed by atoms with van der Waals surface area (Å²) in [6.45, 7) is 1.41. The largest absolute Gasteiger partial charge is 0.456 e. The Bertz CT molecular complexity index is 1450. The maximum atomic E-state index is 13.3. The van der Waals surface area contributed by atoms with Crippen molar-refractivity contribution < 1.29 is 13.4 Å². The van der Waals surface area contributed by atoms with Crippen LogP contribution in [0, 0.1) is 0 Å². The summed E-state index contributed by atoms with van der Waals surface area (Å²) in [6.07, 6.45) is 0. The van der Waals surface area contributed by atoms with Gasteiger partial charge in [0.1, 0.15) is 11.2 Å². The van der Waals surface area contributed by atoms with Crippen LogP contribution in [0.4, 0.5) is 0 Å². The van der Waals surface area contributed by atoms with E-state index in [0.717, 1.165) is 14.7 Å². The third kappa shape index (κ3) is 3.27. The number of carbonyl (C=O) groups is 1. The molecule has 1 aromatic heterocycles. The Hall–Kier alpha value is -3.83. The fourth-order valence-corrected chi connectivity index (χ4v) is 7.00. The molecule has 4 aromatic carbocycles. The minimum atomic E-state index is -2.42. The Labute approximate surface area is 186 Å². The van der Waals surface area contributed by atoms with Gasteiger partial charge in [-0.05, 0) is 64.9 Å². The molecule has 0 unspecified atom stereocenters. The van der Waals surface area contributed by atoms with Crippen molar-refractivity contribution in [1.82, 2.24) is 0 Å². The fourth-order valence-electron chi connectivity index (χ4n) is 3.91. The molecule has 0 amide bonds. The van der Waals surface area contributed by atoms with Crippen molar-refractivity contribution in [2.45, 2.75) is 21.6 Å². The number of benzene rings is 4. The van der Waals surface area contributed by atoms with Gasteiger partial charge in [-0.3, -0.25) is 9.59 Å². The molecule has 5 rings (SSSR count). The first-order valence-electron chi connectivity index (χ1n) is 10.2. The smallest absolute Gasteiger partial charge is 0.313 e. The van der Waals surface area contributed by atoms with E-state index < -0.39 is 16.3 Å². The topological polar surface area (TPSA) is 56.5 Å². The summed E-state index contributed by atoms with van der Waals surface area (Å²) in [5.41, 5.74) is 0.929. The highest BCUT2D eigenvalue weighted by Gasteiger charge is 2.35. The third-order valence-corrected chi connectivity index (χ3v) is 8.55. The third-order valence-electron chi connectivity index (χ3n) is 5.27. The van der Waals surface area contributed by atoms with Crippen LogP contribution >= 0.6 is 10.3 Å². The molecule has 0 aliphatic rings. The minimum Gasteiger partial charge on any atom is -0.456 e. The van der Waals surface area contributed by atoms with Gasteiger partial charge in [-0.15, -0.1) is 0 Å². The standard InChI is InChI=1S/C27H20O4S/c1-19(28)31-32(20-10-4-2-5-11-20,21-12-6-3-7-13-21)22-16-17-26-24(18-22)27(29)23-14-8-9-15-25(23)30-26/h2-18H,1H3. The van der Waals surface area contributed by atoms with E-state index in [9.17, 15) is 9.59 Å². The molecule has 0 N–H and O–H groups in total. The number of fused-ring (bicyclic) bond motifs is 2. The Balaban J connectivity index is 1.87. The lowest BCUT2D eigenvalue weighted by molar-refractivity contribution is -0.131. The van der Waals surface area contributed by atoms with Crippen LogP contribution in [0.2, 0.25) is 0 Å². The van der Waals surface area contributed by atoms with Gasteiger partial charge in [0.25, 0.3) is 0 Å². The van der Waals surface area contributed by atoms with Gasteiger partial charge in [-0.1, -0.05) is 48.5 Å². The highest BCUT2D eigenvalue weighted by molar-refractivity contribution is 8.30. The van der Waals surface area contributed by atoms with Crippen molar-refractivity contribution in [3.63, 3.8) is 0 Å². The second-order valence-corrected chi connectivity index (χ2v) is 10.0. The van der Waals surface area contributed by atoms with Crippen LogP contribution in [-0.4, -0.2) is 5.97 Å². The molecule has 0 bridgehead atoms. The molecule has 158 valence electrons. The molecule has 0 aliphatic carbocycles. The van der Waals surface area contributed by atoms with Crippen LogP contribution in [0.15, 0.2) is 127 Å².